The minimum Gasteiger partial charge on any atom is -0.484 e. The van der Waals surface area contributed by atoms with Gasteiger partial charge in [-0.25, -0.2) is 0 Å². The molecule has 0 spiro atoms. The van der Waals surface area contributed by atoms with Gasteiger partial charge >= 0.3 is 0 Å². The summed E-state index contributed by atoms with van der Waals surface area (Å²) in [5.41, 5.74) is 3.88. The standard InChI is InChI=1S/C24H22N2O2/c1-18(20-5-3-2-4-6-20)16-26-24(27)17-28-23-13-11-22(12-14-23)21-9-7-19(15-25)8-10-21/h2-14,18H,16-17H2,1H3,(H,26,27). The fraction of sp³-hybridized carbons (Fsp3) is 0.167. The minimum atomic E-state index is -0.140. The predicted molar refractivity (Wildman–Crippen MR) is 110 cm³/mol. The number of rotatable bonds is 7. The normalized spacial score (nSPS) is 11.3. The maximum atomic E-state index is 12.0. The fourth-order valence-electron chi connectivity index (χ4n) is 2.85. The number of nitrogens with one attached hydrogen (secondary N) is 1. The third-order valence-electron chi connectivity index (χ3n) is 4.55. The molecule has 28 heavy (non-hydrogen) atoms. The summed E-state index contributed by atoms with van der Waals surface area (Å²) in [5, 5.41) is 11.8. The molecule has 0 aliphatic rings. The van der Waals surface area contributed by atoms with Crippen LogP contribution in [0.5, 0.6) is 5.75 Å². The number of nitrogens with zero attached hydrogens (tertiary/aromatic N) is 1. The van der Waals surface area contributed by atoms with Crippen molar-refractivity contribution >= 4 is 5.91 Å². The Bertz CT molecular complexity index is 943. The van der Waals surface area contributed by atoms with Crippen molar-refractivity contribution in [1.29, 1.82) is 5.26 Å². The lowest BCUT2D eigenvalue weighted by Crippen LogP contribution is -2.31. The quantitative estimate of drug-likeness (QED) is 0.665. The van der Waals surface area contributed by atoms with Crippen LogP contribution in [0.4, 0.5) is 0 Å². The van der Waals surface area contributed by atoms with E-state index in [0.717, 1.165) is 11.1 Å². The van der Waals surface area contributed by atoms with Crippen LogP contribution in [0.1, 0.15) is 24.0 Å². The van der Waals surface area contributed by atoms with Crippen LogP contribution in [-0.4, -0.2) is 19.1 Å². The summed E-state index contributed by atoms with van der Waals surface area (Å²) in [7, 11) is 0. The molecule has 0 bridgehead atoms. The van der Waals surface area contributed by atoms with E-state index in [1.54, 1.807) is 12.1 Å². The molecule has 1 N–H and O–H groups in total. The Hall–Kier alpha value is -3.58. The molecule has 140 valence electrons. The van der Waals surface area contributed by atoms with Crippen LogP contribution < -0.4 is 10.1 Å². The number of ether oxygens (including phenoxy) is 1. The predicted octanol–water partition coefficient (Wildman–Crippen LogP) is 4.52. The van der Waals surface area contributed by atoms with E-state index in [-0.39, 0.29) is 18.4 Å². The topological polar surface area (TPSA) is 62.1 Å². The molecule has 4 heteroatoms. The number of carbonyl (C=O) groups excluding carboxylic acids is 1. The Labute approximate surface area is 165 Å². The molecular formula is C24H22N2O2. The summed E-state index contributed by atoms with van der Waals surface area (Å²) in [4.78, 5) is 12.0. The first-order chi connectivity index (χ1) is 13.7. The van der Waals surface area contributed by atoms with Gasteiger partial charge in [-0.1, -0.05) is 61.5 Å². The van der Waals surface area contributed by atoms with Gasteiger partial charge in [0.1, 0.15) is 5.75 Å². The third kappa shape index (κ3) is 5.21. The maximum Gasteiger partial charge on any atom is 0.257 e. The molecule has 0 aromatic heterocycles. The van der Waals surface area contributed by atoms with Crippen LogP contribution in [0.15, 0.2) is 78.9 Å². The highest BCUT2D eigenvalue weighted by Gasteiger charge is 2.08. The zero-order valence-corrected chi connectivity index (χ0v) is 15.8. The monoisotopic (exact) mass is 370 g/mol. The Morgan fingerprint density at radius 3 is 2.18 bits per heavy atom. The summed E-state index contributed by atoms with van der Waals surface area (Å²) >= 11 is 0. The average molecular weight is 370 g/mol. The number of hydrogen-bond donors (Lipinski definition) is 1. The van der Waals surface area contributed by atoms with Gasteiger partial charge in [0.25, 0.3) is 5.91 Å². The van der Waals surface area contributed by atoms with E-state index in [0.29, 0.717) is 17.9 Å². The summed E-state index contributed by atoms with van der Waals surface area (Å²) in [6.07, 6.45) is 0. The number of nitriles is 1. The van der Waals surface area contributed by atoms with Gasteiger partial charge < -0.3 is 10.1 Å². The van der Waals surface area contributed by atoms with Gasteiger partial charge in [-0.15, -0.1) is 0 Å². The molecular weight excluding hydrogens is 348 g/mol. The Morgan fingerprint density at radius 1 is 0.964 bits per heavy atom. The van der Waals surface area contributed by atoms with Crippen molar-refractivity contribution < 1.29 is 9.53 Å². The highest BCUT2D eigenvalue weighted by molar-refractivity contribution is 5.77. The first-order valence-corrected chi connectivity index (χ1v) is 9.21. The van der Waals surface area contributed by atoms with Crippen molar-refractivity contribution in [2.24, 2.45) is 0 Å². The molecule has 3 aromatic carbocycles. The lowest BCUT2D eigenvalue weighted by Gasteiger charge is -2.13. The van der Waals surface area contributed by atoms with E-state index in [2.05, 4.69) is 30.4 Å². The van der Waals surface area contributed by atoms with E-state index in [4.69, 9.17) is 10.00 Å². The molecule has 0 aliphatic carbocycles. The van der Waals surface area contributed by atoms with Crippen molar-refractivity contribution in [3.63, 3.8) is 0 Å². The zero-order chi connectivity index (χ0) is 19.8. The van der Waals surface area contributed by atoms with Crippen LogP contribution >= 0.6 is 0 Å². The van der Waals surface area contributed by atoms with Gasteiger partial charge in [0.05, 0.1) is 11.6 Å². The van der Waals surface area contributed by atoms with E-state index in [1.165, 1.54) is 5.56 Å². The Balaban J connectivity index is 1.47. The van der Waals surface area contributed by atoms with E-state index < -0.39 is 0 Å². The van der Waals surface area contributed by atoms with Gasteiger partial charge in [-0.3, -0.25) is 4.79 Å². The molecule has 0 aliphatic heterocycles. The molecule has 1 atom stereocenters. The number of benzene rings is 3. The fourth-order valence-corrected chi connectivity index (χ4v) is 2.85. The van der Waals surface area contributed by atoms with Crippen LogP contribution in [0.25, 0.3) is 11.1 Å². The average Bonchev–Trinajstić information content (AvgIpc) is 2.77. The van der Waals surface area contributed by atoms with Crippen LogP contribution in [0.3, 0.4) is 0 Å². The molecule has 3 rings (SSSR count). The molecule has 0 heterocycles. The maximum absolute atomic E-state index is 12.0. The Morgan fingerprint density at radius 2 is 1.57 bits per heavy atom. The summed E-state index contributed by atoms with van der Waals surface area (Å²) in [6, 6.07) is 27.2. The van der Waals surface area contributed by atoms with Crippen molar-refractivity contribution in [2.75, 3.05) is 13.2 Å². The zero-order valence-electron chi connectivity index (χ0n) is 15.8. The highest BCUT2D eigenvalue weighted by atomic mass is 16.5. The van der Waals surface area contributed by atoms with Gasteiger partial charge in [0.15, 0.2) is 6.61 Å². The smallest absolute Gasteiger partial charge is 0.257 e. The molecule has 0 saturated carbocycles. The van der Waals surface area contributed by atoms with E-state index in [9.17, 15) is 4.79 Å². The molecule has 3 aromatic rings. The van der Waals surface area contributed by atoms with Gasteiger partial charge in [-0.05, 0) is 46.9 Å². The van der Waals surface area contributed by atoms with Gasteiger partial charge in [0, 0.05) is 6.54 Å². The number of carbonyl (C=O) groups is 1. The first kappa shape index (κ1) is 19.2. The van der Waals surface area contributed by atoms with Gasteiger partial charge in [-0.2, -0.15) is 5.26 Å². The van der Waals surface area contributed by atoms with Crippen LogP contribution in [0, 0.1) is 11.3 Å². The molecule has 0 fully saturated rings. The van der Waals surface area contributed by atoms with Crippen LogP contribution in [-0.2, 0) is 4.79 Å². The SMILES string of the molecule is CC(CNC(=O)COc1ccc(-c2ccc(C#N)cc2)cc1)c1ccccc1. The highest BCUT2D eigenvalue weighted by Crippen LogP contribution is 2.22. The minimum absolute atomic E-state index is 0.0161. The van der Waals surface area contributed by atoms with E-state index >= 15 is 0 Å². The Kier molecular flexibility index (Phi) is 6.43. The van der Waals surface area contributed by atoms with Crippen molar-refractivity contribution in [2.45, 2.75) is 12.8 Å². The lowest BCUT2D eigenvalue weighted by atomic mass is 10.0. The molecule has 1 unspecified atom stereocenters. The molecule has 0 saturated heterocycles. The van der Waals surface area contributed by atoms with Crippen LogP contribution in [0.2, 0.25) is 0 Å². The largest absolute Gasteiger partial charge is 0.484 e. The van der Waals surface area contributed by atoms with Crippen molar-refractivity contribution in [1.82, 2.24) is 5.32 Å². The second kappa shape index (κ2) is 9.38. The lowest BCUT2D eigenvalue weighted by molar-refractivity contribution is -0.123. The van der Waals surface area contributed by atoms with Crippen molar-refractivity contribution in [3.8, 4) is 22.9 Å². The molecule has 1 amide bonds. The third-order valence-corrected chi connectivity index (χ3v) is 4.55. The van der Waals surface area contributed by atoms with Crippen molar-refractivity contribution in [3.05, 3.63) is 90.0 Å². The summed E-state index contributed by atoms with van der Waals surface area (Å²) < 4.78 is 5.58. The second-order valence-corrected chi connectivity index (χ2v) is 6.62. The summed E-state index contributed by atoms with van der Waals surface area (Å²) in [6.45, 7) is 2.64. The molecule has 4 nitrogen and oxygen atoms in total. The van der Waals surface area contributed by atoms with Gasteiger partial charge in [0.2, 0.25) is 0 Å². The second-order valence-electron chi connectivity index (χ2n) is 6.62. The number of amides is 1. The first-order valence-electron chi connectivity index (χ1n) is 9.21. The number of hydrogen-bond acceptors (Lipinski definition) is 3. The van der Waals surface area contributed by atoms with E-state index in [1.807, 2.05) is 54.6 Å². The molecule has 0 radical (unpaired) electrons. The summed E-state index contributed by atoms with van der Waals surface area (Å²) in [5.74, 6) is 0.749.